The summed E-state index contributed by atoms with van der Waals surface area (Å²) >= 11 is 0. The van der Waals surface area contributed by atoms with Crippen molar-refractivity contribution in [2.45, 2.75) is 19.9 Å². The normalized spacial score (nSPS) is 12.1. The Bertz CT molecular complexity index is 546. The van der Waals surface area contributed by atoms with Crippen molar-refractivity contribution in [3.63, 3.8) is 0 Å². The fourth-order valence-electron chi connectivity index (χ4n) is 1.68. The molecule has 0 saturated heterocycles. The highest BCUT2D eigenvalue weighted by molar-refractivity contribution is 6.01. The lowest BCUT2D eigenvalue weighted by molar-refractivity contribution is 0.820. The number of hydrazine groups is 1. The highest BCUT2D eigenvalue weighted by Gasteiger charge is 2.04. The average Bonchev–Trinajstić information content (AvgIpc) is 2.35. The van der Waals surface area contributed by atoms with Gasteiger partial charge in [-0.15, -0.1) is 0 Å². The van der Waals surface area contributed by atoms with Gasteiger partial charge in [0.05, 0.1) is 5.52 Å². The van der Waals surface area contributed by atoms with Crippen LogP contribution in [0.2, 0.25) is 0 Å². The molecule has 0 aliphatic rings. The largest absolute Gasteiger partial charge is 0.308 e. The van der Waals surface area contributed by atoms with Gasteiger partial charge in [0.1, 0.15) is 5.84 Å². The SMILES string of the molecule is CC(C)N=C(NN)c1ccc2ncccc2c1. The molecule has 2 aromatic rings. The van der Waals surface area contributed by atoms with Gasteiger partial charge in [0, 0.05) is 23.2 Å². The first-order valence-electron chi connectivity index (χ1n) is 5.60. The lowest BCUT2D eigenvalue weighted by atomic mass is 10.1. The first-order chi connectivity index (χ1) is 8.20. The molecule has 1 aromatic heterocycles. The van der Waals surface area contributed by atoms with Crippen molar-refractivity contribution in [3.05, 3.63) is 42.1 Å². The maximum Gasteiger partial charge on any atom is 0.142 e. The van der Waals surface area contributed by atoms with Crippen LogP contribution in [0.4, 0.5) is 0 Å². The van der Waals surface area contributed by atoms with Crippen molar-refractivity contribution >= 4 is 16.7 Å². The molecule has 4 nitrogen and oxygen atoms in total. The summed E-state index contributed by atoms with van der Waals surface area (Å²) in [6.45, 7) is 4.03. The predicted octanol–water partition coefficient (Wildman–Crippen LogP) is 1.85. The summed E-state index contributed by atoms with van der Waals surface area (Å²) in [5.74, 6) is 6.20. The van der Waals surface area contributed by atoms with E-state index in [0.29, 0.717) is 5.84 Å². The Morgan fingerprint density at radius 1 is 1.35 bits per heavy atom. The third-order valence-corrected chi connectivity index (χ3v) is 2.40. The molecule has 17 heavy (non-hydrogen) atoms. The molecule has 0 radical (unpaired) electrons. The topological polar surface area (TPSA) is 63.3 Å². The Kier molecular flexibility index (Phi) is 3.35. The second-order valence-corrected chi connectivity index (χ2v) is 4.13. The molecule has 4 heteroatoms. The number of fused-ring (bicyclic) bond motifs is 1. The molecule has 2 rings (SSSR count). The number of amidine groups is 1. The van der Waals surface area contributed by atoms with Crippen LogP contribution in [0.15, 0.2) is 41.5 Å². The van der Waals surface area contributed by atoms with Crippen LogP contribution in [0.25, 0.3) is 10.9 Å². The third kappa shape index (κ3) is 2.60. The fourth-order valence-corrected chi connectivity index (χ4v) is 1.68. The van der Waals surface area contributed by atoms with Gasteiger partial charge in [-0.25, -0.2) is 5.84 Å². The predicted molar refractivity (Wildman–Crippen MR) is 70.7 cm³/mol. The number of aromatic nitrogens is 1. The van der Waals surface area contributed by atoms with Crippen LogP contribution < -0.4 is 11.3 Å². The van der Waals surface area contributed by atoms with E-state index in [1.54, 1.807) is 6.20 Å². The summed E-state index contributed by atoms with van der Waals surface area (Å²) in [6.07, 6.45) is 1.78. The second kappa shape index (κ2) is 4.93. The molecule has 0 unspecified atom stereocenters. The van der Waals surface area contributed by atoms with Gasteiger partial charge in [0.25, 0.3) is 0 Å². The zero-order chi connectivity index (χ0) is 12.3. The number of nitrogens with one attached hydrogen (secondary N) is 1. The van der Waals surface area contributed by atoms with Crippen LogP contribution in [0.3, 0.4) is 0 Å². The number of rotatable bonds is 2. The molecule has 0 atom stereocenters. The first kappa shape index (κ1) is 11.5. The van der Waals surface area contributed by atoms with Crippen LogP contribution in [0, 0.1) is 0 Å². The minimum absolute atomic E-state index is 0.200. The van der Waals surface area contributed by atoms with E-state index in [-0.39, 0.29) is 6.04 Å². The van der Waals surface area contributed by atoms with Gasteiger partial charge in [0.15, 0.2) is 0 Å². The summed E-state index contributed by atoms with van der Waals surface area (Å²) in [7, 11) is 0. The molecule has 0 aliphatic heterocycles. The second-order valence-electron chi connectivity index (χ2n) is 4.13. The van der Waals surface area contributed by atoms with Gasteiger partial charge in [-0.3, -0.25) is 9.98 Å². The van der Waals surface area contributed by atoms with Crippen LogP contribution in [-0.4, -0.2) is 16.9 Å². The summed E-state index contributed by atoms with van der Waals surface area (Å²) in [4.78, 5) is 8.71. The lowest BCUT2D eigenvalue weighted by Gasteiger charge is -2.08. The van der Waals surface area contributed by atoms with Crippen molar-refractivity contribution in [1.82, 2.24) is 10.4 Å². The molecular weight excluding hydrogens is 212 g/mol. The summed E-state index contributed by atoms with van der Waals surface area (Å²) in [5, 5.41) is 1.08. The minimum Gasteiger partial charge on any atom is -0.308 e. The van der Waals surface area contributed by atoms with E-state index in [4.69, 9.17) is 5.84 Å². The van der Waals surface area contributed by atoms with Crippen molar-refractivity contribution in [1.29, 1.82) is 0 Å². The van der Waals surface area contributed by atoms with E-state index < -0.39 is 0 Å². The molecule has 1 heterocycles. The molecule has 0 saturated carbocycles. The monoisotopic (exact) mass is 228 g/mol. The van der Waals surface area contributed by atoms with Gasteiger partial charge in [-0.05, 0) is 38.1 Å². The minimum atomic E-state index is 0.200. The maximum atomic E-state index is 5.50. The number of hydrogen-bond donors (Lipinski definition) is 2. The molecule has 0 spiro atoms. The number of pyridine rings is 1. The number of hydrogen-bond acceptors (Lipinski definition) is 3. The van der Waals surface area contributed by atoms with E-state index in [2.05, 4.69) is 15.4 Å². The maximum absolute atomic E-state index is 5.50. The van der Waals surface area contributed by atoms with Gasteiger partial charge >= 0.3 is 0 Å². The zero-order valence-corrected chi connectivity index (χ0v) is 10.0. The van der Waals surface area contributed by atoms with Crippen LogP contribution in [-0.2, 0) is 0 Å². The van der Waals surface area contributed by atoms with E-state index in [0.717, 1.165) is 16.5 Å². The quantitative estimate of drug-likeness (QED) is 0.357. The van der Waals surface area contributed by atoms with Gasteiger partial charge in [-0.1, -0.05) is 6.07 Å². The Labute approximate surface area is 101 Å². The molecule has 88 valence electrons. The number of nitrogens with two attached hydrogens (primary N) is 1. The highest BCUT2D eigenvalue weighted by atomic mass is 15.3. The molecule has 1 aromatic carbocycles. The molecule has 0 amide bonds. The Hall–Kier alpha value is -1.94. The average molecular weight is 228 g/mol. The highest BCUT2D eigenvalue weighted by Crippen LogP contribution is 2.13. The molecular formula is C13H16N4. The number of nitrogens with zero attached hydrogens (tertiary/aromatic N) is 2. The smallest absolute Gasteiger partial charge is 0.142 e. The summed E-state index contributed by atoms with van der Waals surface area (Å²) in [6, 6.07) is 10.1. The Morgan fingerprint density at radius 2 is 2.18 bits per heavy atom. The zero-order valence-electron chi connectivity index (χ0n) is 10.0. The van der Waals surface area contributed by atoms with Gasteiger partial charge in [0.2, 0.25) is 0 Å². The van der Waals surface area contributed by atoms with E-state index in [1.165, 1.54) is 0 Å². The third-order valence-electron chi connectivity index (χ3n) is 2.40. The van der Waals surface area contributed by atoms with E-state index in [9.17, 15) is 0 Å². The molecule has 0 aliphatic carbocycles. The standard InChI is InChI=1S/C13H16N4/c1-9(2)16-13(17-14)11-5-6-12-10(8-11)4-3-7-15-12/h3-9H,14H2,1-2H3,(H,16,17). The molecule has 3 N–H and O–H groups in total. The van der Waals surface area contributed by atoms with Crippen molar-refractivity contribution in [2.75, 3.05) is 0 Å². The molecule has 0 fully saturated rings. The Balaban J connectivity index is 2.48. The van der Waals surface area contributed by atoms with Crippen molar-refractivity contribution in [2.24, 2.45) is 10.8 Å². The van der Waals surface area contributed by atoms with E-state index in [1.807, 2.05) is 44.2 Å². The number of benzene rings is 1. The first-order valence-corrected chi connectivity index (χ1v) is 5.60. The van der Waals surface area contributed by atoms with Crippen LogP contribution >= 0.6 is 0 Å². The van der Waals surface area contributed by atoms with Gasteiger partial charge < -0.3 is 5.43 Å². The fraction of sp³-hybridized carbons (Fsp3) is 0.231. The van der Waals surface area contributed by atoms with Crippen LogP contribution in [0.5, 0.6) is 0 Å². The van der Waals surface area contributed by atoms with Crippen molar-refractivity contribution < 1.29 is 0 Å². The summed E-state index contributed by atoms with van der Waals surface area (Å²) in [5.41, 5.74) is 4.59. The van der Waals surface area contributed by atoms with E-state index >= 15 is 0 Å². The van der Waals surface area contributed by atoms with Crippen molar-refractivity contribution in [3.8, 4) is 0 Å². The number of aliphatic imine (C=N–C) groups is 1. The Morgan fingerprint density at radius 3 is 2.88 bits per heavy atom. The molecule has 0 bridgehead atoms. The van der Waals surface area contributed by atoms with Crippen LogP contribution in [0.1, 0.15) is 19.4 Å². The lowest BCUT2D eigenvalue weighted by Crippen LogP contribution is -2.31. The summed E-state index contributed by atoms with van der Waals surface area (Å²) < 4.78 is 0. The van der Waals surface area contributed by atoms with Gasteiger partial charge in [-0.2, -0.15) is 0 Å².